The molecule has 0 radical (unpaired) electrons. The first-order valence-electron chi connectivity index (χ1n) is 5.62. The van der Waals surface area contributed by atoms with Crippen molar-refractivity contribution in [2.24, 2.45) is 0 Å². The van der Waals surface area contributed by atoms with Gasteiger partial charge in [-0.05, 0) is 32.3 Å². The summed E-state index contributed by atoms with van der Waals surface area (Å²) in [7, 11) is 0. The Hall–Kier alpha value is -0.740. The topological polar surface area (TPSA) is 46.9 Å². The lowest BCUT2D eigenvalue weighted by atomic mass is 10.1. The lowest BCUT2D eigenvalue weighted by Gasteiger charge is -2.12. The molecule has 0 aliphatic carbocycles. The Morgan fingerprint density at radius 1 is 1.65 bits per heavy atom. The lowest BCUT2D eigenvalue weighted by molar-refractivity contribution is -0.119. The van der Waals surface area contributed by atoms with Gasteiger partial charge in [-0.3, -0.25) is 9.48 Å². The molecule has 1 atom stereocenters. The number of hydrogen-bond donors (Lipinski definition) is 1. The molecule has 96 valence electrons. The molecule has 0 bridgehead atoms. The summed E-state index contributed by atoms with van der Waals surface area (Å²) in [6.07, 6.45) is 3.51. The Morgan fingerprint density at radius 3 is 3.06 bits per heavy atom. The Kier molecular flexibility index (Phi) is 5.28. The van der Waals surface area contributed by atoms with E-state index in [1.165, 1.54) is 18.5 Å². The summed E-state index contributed by atoms with van der Waals surface area (Å²) < 4.78 is 2.04. The van der Waals surface area contributed by atoms with E-state index in [9.17, 15) is 4.79 Å². The number of rotatable bonds is 3. The zero-order valence-corrected chi connectivity index (χ0v) is 11.4. The van der Waals surface area contributed by atoms with Crippen LogP contribution in [0.15, 0.2) is 6.07 Å². The number of halogens is 2. The molecule has 1 amide bonds. The van der Waals surface area contributed by atoms with Gasteiger partial charge < -0.3 is 5.32 Å². The minimum Gasteiger partial charge on any atom is -0.347 e. The minimum atomic E-state index is -0.153. The quantitative estimate of drug-likeness (QED) is 0.860. The molecule has 1 aromatic heterocycles. The van der Waals surface area contributed by atoms with Crippen LogP contribution in [-0.2, 0) is 17.8 Å². The lowest BCUT2D eigenvalue weighted by Crippen LogP contribution is -2.27. The maximum atomic E-state index is 11.2. The summed E-state index contributed by atoms with van der Waals surface area (Å²) in [6.45, 7) is 2.92. The molecule has 2 rings (SSSR count). The Labute approximate surface area is 112 Å². The standard InChI is InChI=1S/C11H16ClN3O.ClH/c1-8(13-11(16)7-12)10-6-9-4-2-3-5-15(9)14-10;/h6,8H,2-5,7H2,1H3,(H,13,16);1H. The molecule has 0 saturated carbocycles. The predicted octanol–water partition coefficient (Wildman–Crippen LogP) is 2.06. The second kappa shape index (κ2) is 6.26. The van der Waals surface area contributed by atoms with E-state index in [0.717, 1.165) is 18.7 Å². The highest BCUT2D eigenvalue weighted by Crippen LogP contribution is 2.19. The Bertz CT molecular complexity index is 369. The molecular formula is C11H17Cl2N3O. The second-order valence-electron chi connectivity index (χ2n) is 4.16. The summed E-state index contributed by atoms with van der Waals surface area (Å²) in [4.78, 5) is 11.2. The molecule has 1 aromatic rings. The molecule has 0 fully saturated rings. The zero-order chi connectivity index (χ0) is 11.5. The van der Waals surface area contributed by atoms with E-state index in [1.807, 2.05) is 11.6 Å². The highest BCUT2D eigenvalue weighted by molar-refractivity contribution is 6.27. The smallest absolute Gasteiger partial charge is 0.235 e. The van der Waals surface area contributed by atoms with Gasteiger partial charge in [-0.15, -0.1) is 24.0 Å². The molecule has 4 nitrogen and oxygen atoms in total. The highest BCUT2D eigenvalue weighted by atomic mass is 35.5. The largest absolute Gasteiger partial charge is 0.347 e. The predicted molar refractivity (Wildman–Crippen MR) is 69.7 cm³/mol. The first-order valence-corrected chi connectivity index (χ1v) is 6.16. The molecule has 1 aliphatic rings. The van der Waals surface area contributed by atoms with E-state index in [1.54, 1.807) is 0 Å². The van der Waals surface area contributed by atoms with Crippen LogP contribution in [0.2, 0.25) is 0 Å². The summed E-state index contributed by atoms with van der Waals surface area (Å²) >= 11 is 5.45. The SMILES string of the molecule is CC(NC(=O)CCl)c1cc2n(n1)CCCC2.Cl. The van der Waals surface area contributed by atoms with Crippen LogP contribution in [0, 0.1) is 0 Å². The average Bonchev–Trinajstić information content (AvgIpc) is 2.72. The van der Waals surface area contributed by atoms with Gasteiger partial charge in [-0.1, -0.05) is 0 Å². The maximum Gasteiger partial charge on any atom is 0.235 e. The number of carbonyl (C=O) groups excluding carboxylic acids is 1. The third-order valence-electron chi connectivity index (χ3n) is 2.88. The van der Waals surface area contributed by atoms with Crippen LogP contribution in [0.1, 0.15) is 37.2 Å². The number of aromatic nitrogens is 2. The number of alkyl halides is 1. The monoisotopic (exact) mass is 277 g/mol. The third-order valence-corrected chi connectivity index (χ3v) is 3.12. The van der Waals surface area contributed by atoms with Crippen molar-refractivity contribution in [1.29, 1.82) is 0 Å². The number of fused-ring (bicyclic) bond motifs is 1. The molecule has 1 unspecified atom stereocenters. The summed E-state index contributed by atoms with van der Waals surface area (Å²) in [5.41, 5.74) is 2.20. The molecular weight excluding hydrogens is 261 g/mol. The molecule has 0 aromatic carbocycles. The van der Waals surface area contributed by atoms with Crippen LogP contribution in [0.4, 0.5) is 0 Å². The first-order chi connectivity index (χ1) is 7.70. The van der Waals surface area contributed by atoms with Gasteiger partial charge in [0.05, 0.1) is 11.7 Å². The molecule has 17 heavy (non-hydrogen) atoms. The van der Waals surface area contributed by atoms with Crippen molar-refractivity contribution in [2.75, 3.05) is 5.88 Å². The van der Waals surface area contributed by atoms with Gasteiger partial charge in [0, 0.05) is 12.2 Å². The van der Waals surface area contributed by atoms with Crippen molar-refractivity contribution < 1.29 is 4.79 Å². The van der Waals surface area contributed by atoms with Crippen molar-refractivity contribution in [2.45, 2.75) is 38.8 Å². The molecule has 6 heteroatoms. The van der Waals surface area contributed by atoms with Crippen molar-refractivity contribution in [3.8, 4) is 0 Å². The number of nitrogens with zero attached hydrogens (tertiary/aromatic N) is 2. The first kappa shape index (κ1) is 14.3. The van der Waals surface area contributed by atoms with Crippen molar-refractivity contribution in [1.82, 2.24) is 15.1 Å². The number of hydrogen-bond acceptors (Lipinski definition) is 2. The number of aryl methyl sites for hydroxylation is 2. The maximum absolute atomic E-state index is 11.2. The van der Waals surface area contributed by atoms with Gasteiger partial charge in [0.25, 0.3) is 0 Å². The van der Waals surface area contributed by atoms with E-state index in [0.29, 0.717) is 0 Å². The Morgan fingerprint density at radius 2 is 2.41 bits per heavy atom. The average molecular weight is 278 g/mol. The third kappa shape index (κ3) is 3.36. The summed E-state index contributed by atoms with van der Waals surface area (Å²) in [6, 6.07) is 2.02. The minimum absolute atomic E-state index is 0. The summed E-state index contributed by atoms with van der Waals surface area (Å²) in [5, 5.41) is 7.31. The van der Waals surface area contributed by atoms with Crippen molar-refractivity contribution in [3.63, 3.8) is 0 Å². The van der Waals surface area contributed by atoms with Crippen LogP contribution >= 0.6 is 24.0 Å². The van der Waals surface area contributed by atoms with Crippen LogP contribution in [0.3, 0.4) is 0 Å². The van der Waals surface area contributed by atoms with Crippen LogP contribution < -0.4 is 5.32 Å². The fraction of sp³-hybridized carbons (Fsp3) is 0.636. The Balaban J connectivity index is 0.00000144. The molecule has 0 saturated heterocycles. The normalized spacial score (nSPS) is 15.6. The highest BCUT2D eigenvalue weighted by Gasteiger charge is 2.16. The second-order valence-corrected chi connectivity index (χ2v) is 4.43. The van der Waals surface area contributed by atoms with Crippen molar-refractivity contribution in [3.05, 3.63) is 17.5 Å². The molecule has 1 N–H and O–H groups in total. The van der Waals surface area contributed by atoms with Crippen LogP contribution in [0.25, 0.3) is 0 Å². The van der Waals surface area contributed by atoms with E-state index >= 15 is 0 Å². The van der Waals surface area contributed by atoms with Gasteiger partial charge in [-0.2, -0.15) is 5.10 Å². The molecule has 0 spiro atoms. The van der Waals surface area contributed by atoms with Gasteiger partial charge in [0.1, 0.15) is 5.88 Å². The number of nitrogens with one attached hydrogen (secondary N) is 1. The van der Waals surface area contributed by atoms with E-state index in [2.05, 4.69) is 16.5 Å². The van der Waals surface area contributed by atoms with Crippen LogP contribution in [0.5, 0.6) is 0 Å². The van der Waals surface area contributed by atoms with E-state index in [4.69, 9.17) is 11.6 Å². The number of carbonyl (C=O) groups is 1. The fourth-order valence-corrected chi connectivity index (χ4v) is 2.08. The van der Waals surface area contributed by atoms with Gasteiger partial charge in [-0.25, -0.2) is 0 Å². The van der Waals surface area contributed by atoms with Gasteiger partial charge >= 0.3 is 0 Å². The molecule has 1 aliphatic heterocycles. The van der Waals surface area contributed by atoms with E-state index < -0.39 is 0 Å². The fourth-order valence-electron chi connectivity index (χ4n) is 2.01. The summed E-state index contributed by atoms with van der Waals surface area (Å²) in [5.74, 6) is -0.155. The van der Waals surface area contributed by atoms with Crippen LogP contribution in [-0.4, -0.2) is 21.6 Å². The molecule has 2 heterocycles. The number of amides is 1. The van der Waals surface area contributed by atoms with Gasteiger partial charge in [0.15, 0.2) is 0 Å². The van der Waals surface area contributed by atoms with Gasteiger partial charge in [0.2, 0.25) is 5.91 Å². The van der Waals surface area contributed by atoms with Crippen molar-refractivity contribution >= 4 is 29.9 Å². The zero-order valence-electron chi connectivity index (χ0n) is 9.78. The van der Waals surface area contributed by atoms with E-state index in [-0.39, 0.29) is 30.2 Å².